The lowest BCUT2D eigenvalue weighted by Gasteiger charge is -2.17. The Morgan fingerprint density at radius 1 is 1.00 bits per heavy atom. The number of aromatic nitrogens is 2. The summed E-state index contributed by atoms with van der Waals surface area (Å²) in [5, 5.41) is 0. The summed E-state index contributed by atoms with van der Waals surface area (Å²) in [4.78, 5) is 4.60. The van der Waals surface area contributed by atoms with Gasteiger partial charge in [0.1, 0.15) is 17.3 Å². The lowest BCUT2D eigenvalue weighted by atomic mass is 10.1. The maximum Gasteiger partial charge on any atom is 0.143 e. The van der Waals surface area contributed by atoms with E-state index in [1.807, 2.05) is 24.4 Å². The molecule has 0 saturated heterocycles. The molecule has 0 atom stereocenters. The van der Waals surface area contributed by atoms with Gasteiger partial charge in [0.15, 0.2) is 0 Å². The summed E-state index contributed by atoms with van der Waals surface area (Å²) in [7, 11) is 3.34. The van der Waals surface area contributed by atoms with Crippen molar-refractivity contribution in [3.8, 4) is 22.9 Å². The van der Waals surface area contributed by atoms with Crippen LogP contribution in [0.1, 0.15) is 17.2 Å². The maximum atomic E-state index is 5.56. The predicted molar refractivity (Wildman–Crippen MR) is 93.7 cm³/mol. The highest BCUT2D eigenvalue weighted by molar-refractivity contribution is 5.66. The Balaban J connectivity index is 1.72. The Morgan fingerprint density at radius 3 is 2.42 bits per heavy atom. The molecule has 1 heterocycles. The highest BCUT2D eigenvalue weighted by Crippen LogP contribution is 2.37. The quantitative estimate of drug-likeness (QED) is 0.731. The van der Waals surface area contributed by atoms with Crippen molar-refractivity contribution in [2.45, 2.75) is 18.9 Å². The van der Waals surface area contributed by atoms with E-state index in [-0.39, 0.29) is 0 Å². The largest absolute Gasteiger partial charge is 0.497 e. The van der Waals surface area contributed by atoms with Crippen LogP contribution in [0.3, 0.4) is 0 Å². The van der Waals surface area contributed by atoms with Crippen molar-refractivity contribution in [3.63, 3.8) is 0 Å². The fourth-order valence-corrected chi connectivity index (χ4v) is 3.53. The number of methoxy groups -OCH3 is 2. The molecule has 1 aromatic heterocycles. The van der Waals surface area contributed by atoms with Gasteiger partial charge in [-0.1, -0.05) is 24.3 Å². The molecule has 0 radical (unpaired) electrons. The molecule has 0 N–H and O–H groups in total. The van der Waals surface area contributed by atoms with Gasteiger partial charge in [0.2, 0.25) is 0 Å². The van der Waals surface area contributed by atoms with Crippen molar-refractivity contribution in [3.05, 3.63) is 66.0 Å². The van der Waals surface area contributed by atoms with Crippen molar-refractivity contribution >= 4 is 0 Å². The van der Waals surface area contributed by atoms with Crippen molar-refractivity contribution in [1.82, 2.24) is 9.55 Å². The molecule has 3 aromatic rings. The second-order valence-electron chi connectivity index (χ2n) is 6.06. The van der Waals surface area contributed by atoms with E-state index in [1.165, 1.54) is 11.1 Å². The minimum Gasteiger partial charge on any atom is -0.497 e. The third kappa shape index (κ3) is 2.44. The normalized spacial score (nSPS) is 13.8. The summed E-state index contributed by atoms with van der Waals surface area (Å²) in [6, 6.07) is 14.9. The Labute approximate surface area is 141 Å². The number of rotatable bonds is 4. The first-order valence-corrected chi connectivity index (χ1v) is 8.12. The minimum absolute atomic E-state index is 0.395. The van der Waals surface area contributed by atoms with Gasteiger partial charge in [0.25, 0.3) is 0 Å². The fourth-order valence-electron chi connectivity index (χ4n) is 3.53. The molecule has 1 aliphatic carbocycles. The standard InChI is InChI=1S/C20H20N2O2/c1-23-17-7-8-18(19(13-17)24-2)20-21-9-10-22(20)16-11-14-5-3-4-6-15(14)12-16/h3-10,13,16H,11-12H2,1-2H3. The van der Waals surface area contributed by atoms with E-state index in [0.29, 0.717) is 6.04 Å². The third-order valence-corrected chi connectivity index (χ3v) is 4.74. The lowest BCUT2D eigenvalue weighted by molar-refractivity contribution is 0.395. The van der Waals surface area contributed by atoms with E-state index in [0.717, 1.165) is 35.7 Å². The third-order valence-electron chi connectivity index (χ3n) is 4.74. The van der Waals surface area contributed by atoms with Gasteiger partial charge in [-0.15, -0.1) is 0 Å². The van der Waals surface area contributed by atoms with Gasteiger partial charge in [0.05, 0.1) is 19.8 Å². The van der Waals surface area contributed by atoms with Crippen molar-refractivity contribution in [2.24, 2.45) is 0 Å². The minimum atomic E-state index is 0.395. The highest BCUT2D eigenvalue weighted by Gasteiger charge is 2.25. The number of ether oxygens (including phenoxy) is 2. The highest BCUT2D eigenvalue weighted by atomic mass is 16.5. The molecule has 0 aliphatic heterocycles. The number of benzene rings is 2. The van der Waals surface area contributed by atoms with Crippen LogP contribution in [0.5, 0.6) is 11.5 Å². The van der Waals surface area contributed by atoms with Gasteiger partial charge < -0.3 is 14.0 Å². The molecule has 0 amide bonds. The Bertz CT molecular complexity index is 845. The molecule has 0 unspecified atom stereocenters. The van der Waals surface area contributed by atoms with Crippen LogP contribution in [0.4, 0.5) is 0 Å². The molecule has 0 spiro atoms. The molecule has 24 heavy (non-hydrogen) atoms. The molecule has 0 saturated carbocycles. The van der Waals surface area contributed by atoms with E-state index in [2.05, 4.69) is 40.0 Å². The summed E-state index contributed by atoms with van der Waals surface area (Å²) < 4.78 is 13.1. The Hall–Kier alpha value is -2.75. The molecular weight excluding hydrogens is 300 g/mol. The van der Waals surface area contributed by atoms with Gasteiger partial charge >= 0.3 is 0 Å². The van der Waals surface area contributed by atoms with Gasteiger partial charge in [-0.3, -0.25) is 0 Å². The number of hydrogen-bond donors (Lipinski definition) is 0. The summed E-state index contributed by atoms with van der Waals surface area (Å²) in [6.07, 6.45) is 6.01. The lowest BCUT2D eigenvalue weighted by Crippen LogP contribution is -2.10. The van der Waals surface area contributed by atoms with Crippen LogP contribution in [-0.4, -0.2) is 23.8 Å². The van der Waals surface area contributed by atoms with Crippen molar-refractivity contribution in [2.75, 3.05) is 14.2 Å². The molecule has 0 bridgehead atoms. The topological polar surface area (TPSA) is 36.3 Å². The number of hydrogen-bond acceptors (Lipinski definition) is 3. The van der Waals surface area contributed by atoms with Gasteiger partial charge in [-0.05, 0) is 36.1 Å². The van der Waals surface area contributed by atoms with Crippen LogP contribution < -0.4 is 9.47 Å². The first-order valence-electron chi connectivity index (χ1n) is 8.12. The Kier molecular flexibility index (Phi) is 3.73. The second-order valence-corrected chi connectivity index (χ2v) is 6.06. The van der Waals surface area contributed by atoms with Crippen LogP contribution in [0, 0.1) is 0 Å². The summed E-state index contributed by atoms with van der Waals surface area (Å²) in [6.45, 7) is 0. The average Bonchev–Trinajstić information content (AvgIpc) is 3.27. The van der Waals surface area contributed by atoms with Gasteiger partial charge in [0, 0.05) is 24.5 Å². The van der Waals surface area contributed by atoms with E-state index < -0.39 is 0 Å². The molecular formula is C20H20N2O2. The monoisotopic (exact) mass is 320 g/mol. The number of fused-ring (bicyclic) bond motifs is 1. The SMILES string of the molecule is COc1ccc(-c2nccn2C2Cc3ccccc3C2)c(OC)c1. The number of nitrogens with zero attached hydrogens (tertiary/aromatic N) is 2. The first kappa shape index (κ1) is 14.8. The summed E-state index contributed by atoms with van der Waals surface area (Å²) in [5.41, 5.74) is 3.85. The average molecular weight is 320 g/mol. The van der Waals surface area contributed by atoms with E-state index in [4.69, 9.17) is 9.47 Å². The fraction of sp³-hybridized carbons (Fsp3) is 0.250. The summed E-state index contributed by atoms with van der Waals surface area (Å²) in [5.74, 6) is 2.49. The first-order chi connectivity index (χ1) is 11.8. The molecule has 2 aromatic carbocycles. The van der Waals surface area contributed by atoms with Crippen molar-refractivity contribution < 1.29 is 9.47 Å². The maximum absolute atomic E-state index is 5.56. The summed E-state index contributed by atoms with van der Waals surface area (Å²) >= 11 is 0. The van der Waals surface area contributed by atoms with E-state index >= 15 is 0 Å². The van der Waals surface area contributed by atoms with Crippen LogP contribution >= 0.6 is 0 Å². The second kappa shape index (κ2) is 6.04. The van der Waals surface area contributed by atoms with E-state index in [9.17, 15) is 0 Å². The van der Waals surface area contributed by atoms with Crippen LogP contribution in [0.2, 0.25) is 0 Å². The molecule has 1 aliphatic rings. The number of imidazole rings is 1. The predicted octanol–water partition coefficient (Wildman–Crippen LogP) is 3.91. The zero-order valence-corrected chi connectivity index (χ0v) is 13.9. The van der Waals surface area contributed by atoms with Crippen LogP contribution in [0.15, 0.2) is 54.9 Å². The van der Waals surface area contributed by atoms with Crippen molar-refractivity contribution in [1.29, 1.82) is 0 Å². The zero-order valence-electron chi connectivity index (χ0n) is 13.9. The molecule has 122 valence electrons. The Morgan fingerprint density at radius 2 is 1.75 bits per heavy atom. The van der Waals surface area contributed by atoms with Gasteiger partial charge in [-0.25, -0.2) is 4.98 Å². The molecule has 4 rings (SSSR count). The molecule has 4 nitrogen and oxygen atoms in total. The van der Waals surface area contributed by atoms with Crippen LogP contribution in [-0.2, 0) is 12.8 Å². The zero-order chi connectivity index (χ0) is 16.5. The smallest absolute Gasteiger partial charge is 0.143 e. The van der Waals surface area contributed by atoms with E-state index in [1.54, 1.807) is 14.2 Å². The molecule has 0 fully saturated rings. The van der Waals surface area contributed by atoms with Crippen LogP contribution in [0.25, 0.3) is 11.4 Å². The van der Waals surface area contributed by atoms with Gasteiger partial charge in [-0.2, -0.15) is 0 Å². The molecule has 4 heteroatoms.